The van der Waals surface area contributed by atoms with Gasteiger partial charge in [0.15, 0.2) is 16.4 Å². The van der Waals surface area contributed by atoms with Gasteiger partial charge in [-0.25, -0.2) is 8.42 Å². The van der Waals surface area contributed by atoms with Crippen LogP contribution in [-0.4, -0.2) is 73.2 Å². The van der Waals surface area contributed by atoms with Crippen LogP contribution in [0.15, 0.2) is 72.8 Å². The Balaban J connectivity index is 1.39. The molecule has 0 aliphatic carbocycles. The van der Waals surface area contributed by atoms with Crippen LogP contribution in [0.3, 0.4) is 0 Å². The lowest BCUT2D eigenvalue weighted by atomic mass is 9.95. The normalized spacial score (nSPS) is 20.2. The molecule has 230 valence electrons. The molecule has 2 aliphatic rings. The summed E-state index contributed by atoms with van der Waals surface area (Å²) >= 11 is 0. The Kier molecular flexibility index (Phi) is 10.0. The molecular formula is C33H40N2O7S. The maximum absolute atomic E-state index is 12.8. The van der Waals surface area contributed by atoms with E-state index in [-0.39, 0.29) is 24.7 Å². The van der Waals surface area contributed by atoms with Gasteiger partial charge in [0.05, 0.1) is 18.9 Å². The molecule has 43 heavy (non-hydrogen) atoms. The first-order chi connectivity index (χ1) is 20.8. The largest absolute Gasteiger partial charge is 0.497 e. The van der Waals surface area contributed by atoms with Crippen LogP contribution in [-0.2, 0) is 24.1 Å². The van der Waals surface area contributed by atoms with Gasteiger partial charge in [-0.3, -0.25) is 4.79 Å². The van der Waals surface area contributed by atoms with Crippen molar-refractivity contribution in [3.8, 4) is 11.5 Å². The van der Waals surface area contributed by atoms with Gasteiger partial charge in [0, 0.05) is 39.1 Å². The molecule has 0 aromatic heterocycles. The highest BCUT2D eigenvalue weighted by Gasteiger charge is 2.36. The Labute approximate surface area is 254 Å². The third-order valence-electron chi connectivity index (χ3n) is 8.07. The number of amides is 1. The summed E-state index contributed by atoms with van der Waals surface area (Å²) in [5, 5.41) is 2.85. The second kappa shape index (κ2) is 13.9. The van der Waals surface area contributed by atoms with Crippen molar-refractivity contribution in [3.63, 3.8) is 0 Å². The first-order valence-corrected chi connectivity index (χ1v) is 16.6. The number of nitrogens with zero attached hydrogens (tertiary/aromatic N) is 1. The topological polar surface area (TPSA) is 103 Å². The standard InChI is InChI=1S/C33H40N2O7S/c1-39-19-7-18-35-29-20-25(12-17-30(29)41-22-31(35)36)32(23-10-13-26(40-2)14-11-23)42-27-15-16-28(34-21-27)33(43(3,37)38)24-8-5-4-6-9-24/h4-6,8-14,17,20,27-28,32-34H,7,15-16,18-19,21-22H2,1-3H3/t27-,28+,32?,33?/m1/s1. The van der Waals surface area contributed by atoms with Gasteiger partial charge in [0.1, 0.15) is 22.9 Å². The molecule has 1 fully saturated rings. The molecule has 2 unspecified atom stereocenters. The first-order valence-electron chi connectivity index (χ1n) is 14.6. The molecule has 5 rings (SSSR count). The monoisotopic (exact) mass is 608 g/mol. The molecule has 1 amide bonds. The molecule has 0 saturated carbocycles. The Bertz CT molecular complexity index is 1470. The van der Waals surface area contributed by atoms with Crippen LogP contribution < -0.4 is 19.7 Å². The van der Waals surface area contributed by atoms with Gasteiger partial charge in [0.25, 0.3) is 5.91 Å². The summed E-state index contributed by atoms with van der Waals surface area (Å²) in [6.45, 7) is 1.59. The maximum Gasteiger partial charge on any atom is 0.265 e. The van der Waals surface area contributed by atoms with Gasteiger partial charge in [-0.05, 0) is 60.2 Å². The summed E-state index contributed by atoms with van der Waals surface area (Å²) in [6, 6.07) is 22.8. The van der Waals surface area contributed by atoms with Gasteiger partial charge >= 0.3 is 0 Å². The van der Waals surface area contributed by atoms with E-state index in [0.29, 0.717) is 50.4 Å². The molecule has 0 spiro atoms. The molecule has 1 saturated heterocycles. The number of fused-ring (bicyclic) bond motifs is 1. The van der Waals surface area contributed by atoms with E-state index in [1.807, 2.05) is 72.8 Å². The SMILES string of the molecule is COCCCN1C(=O)COc2ccc(C(O[C@@H]3CC[C@@H](C(c4ccccc4)S(C)(=O)=O)NC3)c3ccc(OC)cc3)cc21. The minimum atomic E-state index is -3.34. The number of benzene rings is 3. The molecule has 2 heterocycles. The number of hydrogen-bond acceptors (Lipinski definition) is 8. The zero-order valence-corrected chi connectivity index (χ0v) is 25.7. The van der Waals surface area contributed by atoms with Crippen molar-refractivity contribution >= 4 is 21.4 Å². The molecular weight excluding hydrogens is 568 g/mol. The summed E-state index contributed by atoms with van der Waals surface area (Å²) in [7, 11) is -0.0669. The van der Waals surface area contributed by atoms with Crippen LogP contribution in [0.25, 0.3) is 0 Å². The highest BCUT2D eigenvalue weighted by Crippen LogP contribution is 2.39. The molecule has 1 N–H and O–H groups in total. The molecule has 10 heteroatoms. The van der Waals surface area contributed by atoms with E-state index < -0.39 is 21.2 Å². The number of carbonyl (C=O) groups excluding carboxylic acids is 1. The number of piperidine rings is 1. The third-order valence-corrected chi connectivity index (χ3v) is 9.59. The summed E-state index contributed by atoms with van der Waals surface area (Å²) in [5.74, 6) is 1.30. The van der Waals surface area contributed by atoms with Crippen LogP contribution in [0, 0.1) is 0 Å². The van der Waals surface area contributed by atoms with Crippen LogP contribution in [0.1, 0.15) is 47.3 Å². The summed E-state index contributed by atoms with van der Waals surface area (Å²) < 4.78 is 48.8. The fourth-order valence-electron chi connectivity index (χ4n) is 5.96. The Morgan fingerprint density at radius 3 is 2.37 bits per heavy atom. The van der Waals surface area contributed by atoms with Crippen molar-refractivity contribution in [2.45, 2.75) is 42.8 Å². The maximum atomic E-state index is 12.8. The Morgan fingerprint density at radius 2 is 1.72 bits per heavy atom. The minimum Gasteiger partial charge on any atom is -0.497 e. The smallest absolute Gasteiger partial charge is 0.265 e. The average Bonchev–Trinajstić information content (AvgIpc) is 3.01. The molecule has 3 aromatic rings. The third kappa shape index (κ3) is 7.38. The molecule has 9 nitrogen and oxygen atoms in total. The summed E-state index contributed by atoms with van der Waals surface area (Å²) in [5.41, 5.74) is 3.33. The predicted octanol–water partition coefficient (Wildman–Crippen LogP) is 4.47. The molecule has 4 atom stereocenters. The predicted molar refractivity (Wildman–Crippen MR) is 166 cm³/mol. The van der Waals surface area contributed by atoms with Crippen molar-refractivity contribution in [1.82, 2.24) is 5.32 Å². The number of anilines is 1. The number of rotatable bonds is 12. The van der Waals surface area contributed by atoms with Crippen LogP contribution in [0.5, 0.6) is 11.5 Å². The zero-order chi connectivity index (χ0) is 30.4. The molecule has 0 radical (unpaired) electrons. The minimum absolute atomic E-state index is 0.00407. The number of hydrogen-bond donors (Lipinski definition) is 1. The van der Waals surface area contributed by atoms with Gasteiger partial charge in [-0.2, -0.15) is 0 Å². The van der Waals surface area contributed by atoms with Crippen LogP contribution in [0.2, 0.25) is 0 Å². The van der Waals surface area contributed by atoms with Crippen molar-refractivity contribution < 1.29 is 32.2 Å². The van der Waals surface area contributed by atoms with E-state index in [1.54, 1.807) is 19.1 Å². The average molecular weight is 609 g/mol. The van der Waals surface area contributed by atoms with E-state index in [9.17, 15) is 13.2 Å². The van der Waals surface area contributed by atoms with Crippen molar-refractivity contribution in [1.29, 1.82) is 0 Å². The number of ether oxygens (including phenoxy) is 4. The van der Waals surface area contributed by atoms with E-state index >= 15 is 0 Å². The highest BCUT2D eigenvalue weighted by atomic mass is 32.2. The number of sulfone groups is 1. The van der Waals surface area contributed by atoms with E-state index in [4.69, 9.17) is 18.9 Å². The van der Waals surface area contributed by atoms with Gasteiger partial charge < -0.3 is 29.2 Å². The van der Waals surface area contributed by atoms with Gasteiger partial charge in [-0.15, -0.1) is 0 Å². The first kappa shape index (κ1) is 31.0. The Hall–Kier alpha value is -3.44. The van der Waals surface area contributed by atoms with Gasteiger partial charge in [-0.1, -0.05) is 48.5 Å². The lowest BCUT2D eigenvalue weighted by molar-refractivity contribution is -0.121. The number of nitrogens with one attached hydrogen (secondary N) is 1. The Morgan fingerprint density at radius 1 is 0.977 bits per heavy atom. The molecule has 0 bridgehead atoms. The van der Waals surface area contributed by atoms with Crippen molar-refractivity contribution in [2.75, 3.05) is 51.7 Å². The number of carbonyl (C=O) groups is 1. The highest BCUT2D eigenvalue weighted by molar-refractivity contribution is 7.91. The van der Waals surface area contributed by atoms with Crippen LogP contribution in [0.4, 0.5) is 5.69 Å². The summed E-state index contributed by atoms with van der Waals surface area (Å²) in [4.78, 5) is 14.6. The van der Waals surface area contributed by atoms with E-state index in [0.717, 1.165) is 22.4 Å². The fraction of sp³-hybridized carbons (Fsp3) is 0.424. The molecule has 2 aliphatic heterocycles. The second-order valence-electron chi connectivity index (χ2n) is 11.1. The lowest BCUT2D eigenvalue weighted by Crippen LogP contribution is -2.47. The fourth-order valence-corrected chi connectivity index (χ4v) is 7.44. The van der Waals surface area contributed by atoms with Crippen LogP contribution >= 0.6 is 0 Å². The van der Waals surface area contributed by atoms with Crippen molar-refractivity contribution in [2.24, 2.45) is 0 Å². The van der Waals surface area contributed by atoms with Gasteiger partial charge in [0.2, 0.25) is 0 Å². The summed E-state index contributed by atoms with van der Waals surface area (Å²) in [6.07, 6.45) is 2.75. The second-order valence-corrected chi connectivity index (χ2v) is 13.2. The lowest BCUT2D eigenvalue weighted by Gasteiger charge is -2.36. The number of methoxy groups -OCH3 is 2. The van der Waals surface area contributed by atoms with E-state index in [2.05, 4.69) is 5.32 Å². The quantitative estimate of drug-likeness (QED) is 0.301. The van der Waals surface area contributed by atoms with Crippen molar-refractivity contribution in [3.05, 3.63) is 89.5 Å². The zero-order valence-electron chi connectivity index (χ0n) is 24.9. The molecule has 3 aromatic carbocycles. The van der Waals surface area contributed by atoms with E-state index in [1.165, 1.54) is 6.26 Å².